The van der Waals surface area contributed by atoms with Gasteiger partial charge in [0.05, 0.1) is 12.7 Å². The van der Waals surface area contributed by atoms with Crippen LogP contribution in [0.2, 0.25) is 0 Å². The number of carbonyl (C=O) groups excluding carboxylic acids is 2. The third-order valence-electron chi connectivity index (χ3n) is 3.29. The van der Waals surface area contributed by atoms with Gasteiger partial charge in [-0.15, -0.1) is 0 Å². The van der Waals surface area contributed by atoms with Crippen LogP contribution in [0.5, 0.6) is 11.5 Å². The third kappa shape index (κ3) is 1.95. The molecule has 1 unspecified atom stereocenters. The number of esters is 1. The Balaban J connectivity index is 2.06. The zero-order valence-corrected chi connectivity index (χ0v) is 10.8. The van der Waals surface area contributed by atoms with Crippen LogP contribution in [0.15, 0.2) is 48.5 Å². The molecule has 1 heterocycles. The van der Waals surface area contributed by atoms with Crippen LogP contribution in [0, 0.1) is 0 Å². The summed E-state index contributed by atoms with van der Waals surface area (Å²) in [5, 5.41) is 0. The Labute approximate surface area is 115 Å². The van der Waals surface area contributed by atoms with Crippen molar-refractivity contribution in [1.82, 2.24) is 0 Å². The largest absolute Gasteiger partial charge is 0.497 e. The zero-order valence-electron chi connectivity index (χ0n) is 10.8. The minimum atomic E-state index is -0.931. The number of benzene rings is 2. The first-order valence-electron chi connectivity index (χ1n) is 6.19. The van der Waals surface area contributed by atoms with E-state index in [-0.39, 0.29) is 5.78 Å². The monoisotopic (exact) mass is 268 g/mol. The van der Waals surface area contributed by atoms with Gasteiger partial charge >= 0.3 is 5.97 Å². The topological polar surface area (TPSA) is 52.6 Å². The third-order valence-corrected chi connectivity index (χ3v) is 3.29. The number of ether oxygens (including phenoxy) is 2. The molecule has 0 spiro atoms. The lowest BCUT2D eigenvalue weighted by Crippen LogP contribution is -2.31. The predicted octanol–water partition coefficient (Wildman–Crippen LogP) is 2.58. The van der Waals surface area contributed by atoms with Gasteiger partial charge in [0.25, 0.3) is 0 Å². The number of Topliss-reactive ketones (excluding diaryl/α,β-unsaturated/α-hetero) is 1. The second-order valence-corrected chi connectivity index (χ2v) is 4.49. The van der Waals surface area contributed by atoms with Gasteiger partial charge < -0.3 is 9.47 Å². The van der Waals surface area contributed by atoms with Gasteiger partial charge in [-0.3, -0.25) is 9.59 Å². The highest BCUT2D eigenvalue weighted by molar-refractivity contribution is 6.17. The van der Waals surface area contributed by atoms with Crippen LogP contribution in [0.1, 0.15) is 21.8 Å². The van der Waals surface area contributed by atoms with E-state index in [4.69, 9.17) is 9.47 Å². The van der Waals surface area contributed by atoms with Gasteiger partial charge in [0.15, 0.2) is 5.78 Å². The molecule has 4 nitrogen and oxygen atoms in total. The van der Waals surface area contributed by atoms with Gasteiger partial charge in [0.1, 0.15) is 17.4 Å². The van der Waals surface area contributed by atoms with Gasteiger partial charge in [-0.2, -0.15) is 0 Å². The van der Waals surface area contributed by atoms with Gasteiger partial charge in [-0.25, -0.2) is 0 Å². The number of fused-ring (bicyclic) bond motifs is 1. The Morgan fingerprint density at radius 3 is 2.65 bits per heavy atom. The molecule has 2 aromatic carbocycles. The average Bonchev–Trinajstić information content (AvgIpc) is 2.47. The molecule has 1 atom stereocenters. The normalized spacial score (nSPS) is 17.4. The molecule has 0 amide bonds. The van der Waals surface area contributed by atoms with E-state index in [0.717, 1.165) is 0 Å². The Morgan fingerprint density at radius 1 is 1.05 bits per heavy atom. The second kappa shape index (κ2) is 4.81. The van der Waals surface area contributed by atoms with Crippen molar-refractivity contribution in [2.45, 2.75) is 5.92 Å². The standard InChI is InChI=1S/C16H12O4/c1-19-11-6-4-5-10(9-11)14-15(17)12-7-2-3-8-13(12)20-16(14)18/h2-9,14H,1H3. The summed E-state index contributed by atoms with van der Waals surface area (Å²) in [7, 11) is 1.54. The van der Waals surface area contributed by atoms with Gasteiger partial charge in [-0.1, -0.05) is 24.3 Å². The van der Waals surface area contributed by atoms with E-state index >= 15 is 0 Å². The van der Waals surface area contributed by atoms with Crippen LogP contribution in [-0.2, 0) is 4.79 Å². The van der Waals surface area contributed by atoms with Crippen LogP contribution in [0.25, 0.3) is 0 Å². The molecule has 20 heavy (non-hydrogen) atoms. The molecule has 1 aliphatic heterocycles. The van der Waals surface area contributed by atoms with E-state index in [0.29, 0.717) is 22.6 Å². The summed E-state index contributed by atoms with van der Waals surface area (Å²) in [6, 6.07) is 13.7. The van der Waals surface area contributed by atoms with Crippen LogP contribution >= 0.6 is 0 Å². The Bertz CT molecular complexity index is 690. The van der Waals surface area contributed by atoms with Crippen molar-refractivity contribution in [3.05, 3.63) is 59.7 Å². The minimum absolute atomic E-state index is 0.245. The van der Waals surface area contributed by atoms with E-state index in [1.807, 2.05) is 0 Å². The maximum Gasteiger partial charge on any atom is 0.326 e. The second-order valence-electron chi connectivity index (χ2n) is 4.49. The lowest BCUT2D eigenvalue weighted by Gasteiger charge is -2.22. The Kier molecular flexibility index (Phi) is 2.99. The fraction of sp³-hybridized carbons (Fsp3) is 0.125. The summed E-state index contributed by atoms with van der Waals surface area (Å²) >= 11 is 0. The van der Waals surface area contributed by atoms with Crippen LogP contribution in [0.3, 0.4) is 0 Å². The summed E-state index contributed by atoms with van der Waals surface area (Å²) in [5.41, 5.74) is 1.01. The fourth-order valence-corrected chi connectivity index (χ4v) is 2.30. The fourth-order valence-electron chi connectivity index (χ4n) is 2.30. The zero-order chi connectivity index (χ0) is 14.1. The SMILES string of the molecule is COc1cccc(C2C(=O)Oc3ccccc3C2=O)c1. The maximum absolute atomic E-state index is 12.5. The first kappa shape index (κ1) is 12.4. The minimum Gasteiger partial charge on any atom is -0.497 e. The van der Waals surface area contributed by atoms with Crippen molar-refractivity contribution in [2.24, 2.45) is 0 Å². The highest BCUT2D eigenvalue weighted by Gasteiger charge is 2.37. The number of hydrogen-bond acceptors (Lipinski definition) is 4. The predicted molar refractivity (Wildman–Crippen MR) is 72.1 cm³/mol. The van der Waals surface area contributed by atoms with Crippen LogP contribution in [0.4, 0.5) is 0 Å². The van der Waals surface area contributed by atoms with Crippen molar-refractivity contribution >= 4 is 11.8 Å². The molecule has 0 saturated carbocycles. The molecule has 0 N–H and O–H groups in total. The molecule has 3 rings (SSSR count). The van der Waals surface area contributed by atoms with E-state index in [2.05, 4.69) is 0 Å². The molecule has 0 radical (unpaired) electrons. The molecule has 100 valence electrons. The van der Waals surface area contributed by atoms with E-state index in [1.165, 1.54) is 7.11 Å². The highest BCUT2D eigenvalue weighted by atomic mass is 16.5. The molecule has 0 fully saturated rings. The highest BCUT2D eigenvalue weighted by Crippen LogP contribution is 2.34. The number of ketones is 1. The number of carbonyl (C=O) groups is 2. The van der Waals surface area contributed by atoms with Crippen molar-refractivity contribution in [1.29, 1.82) is 0 Å². The molecule has 0 saturated heterocycles. The van der Waals surface area contributed by atoms with Crippen molar-refractivity contribution in [3.8, 4) is 11.5 Å². The Hall–Kier alpha value is -2.62. The number of para-hydroxylation sites is 1. The molecule has 2 aromatic rings. The smallest absolute Gasteiger partial charge is 0.326 e. The maximum atomic E-state index is 12.5. The quantitative estimate of drug-likeness (QED) is 0.477. The molecule has 1 aliphatic rings. The van der Waals surface area contributed by atoms with Crippen molar-refractivity contribution in [2.75, 3.05) is 7.11 Å². The van der Waals surface area contributed by atoms with Gasteiger partial charge in [0, 0.05) is 0 Å². The summed E-state index contributed by atoms with van der Waals surface area (Å²) in [6.45, 7) is 0. The molecular weight excluding hydrogens is 256 g/mol. The number of hydrogen-bond donors (Lipinski definition) is 0. The van der Waals surface area contributed by atoms with Gasteiger partial charge in [0.2, 0.25) is 0 Å². The molecule has 0 aromatic heterocycles. The first-order valence-corrected chi connectivity index (χ1v) is 6.19. The van der Waals surface area contributed by atoms with Crippen LogP contribution < -0.4 is 9.47 Å². The number of rotatable bonds is 2. The summed E-state index contributed by atoms with van der Waals surface area (Å²) in [5.74, 6) is -0.810. The molecule has 0 bridgehead atoms. The lowest BCUT2D eigenvalue weighted by molar-refractivity contribution is -0.135. The van der Waals surface area contributed by atoms with E-state index in [9.17, 15) is 9.59 Å². The average molecular weight is 268 g/mol. The van der Waals surface area contributed by atoms with Crippen LogP contribution in [-0.4, -0.2) is 18.9 Å². The molecule has 4 heteroatoms. The van der Waals surface area contributed by atoms with Crippen molar-refractivity contribution in [3.63, 3.8) is 0 Å². The summed E-state index contributed by atoms with van der Waals surface area (Å²) in [6.07, 6.45) is 0. The molecule has 0 aliphatic carbocycles. The first-order chi connectivity index (χ1) is 9.70. The number of methoxy groups -OCH3 is 1. The van der Waals surface area contributed by atoms with Crippen molar-refractivity contribution < 1.29 is 19.1 Å². The van der Waals surface area contributed by atoms with Gasteiger partial charge in [-0.05, 0) is 29.8 Å². The molecular formula is C16H12O4. The van der Waals surface area contributed by atoms with E-state index < -0.39 is 11.9 Å². The summed E-state index contributed by atoms with van der Waals surface area (Å²) in [4.78, 5) is 24.6. The lowest BCUT2D eigenvalue weighted by atomic mass is 9.88. The Morgan fingerprint density at radius 2 is 1.85 bits per heavy atom. The summed E-state index contributed by atoms with van der Waals surface area (Å²) < 4.78 is 10.4. The van der Waals surface area contributed by atoms with E-state index in [1.54, 1.807) is 48.5 Å².